The molecule has 0 aliphatic carbocycles. The number of rotatable bonds is 4. The van der Waals surface area contributed by atoms with Crippen molar-refractivity contribution in [1.82, 2.24) is 0 Å². The number of hydrogen-bond donors (Lipinski definition) is 1. The molecule has 0 amide bonds. The first-order valence-electron chi connectivity index (χ1n) is 4.15. The number of carboxylic acid groups (broad SMARTS) is 1. The molecule has 1 aromatic rings. The lowest BCUT2D eigenvalue weighted by Gasteiger charge is -2.00. The van der Waals surface area contributed by atoms with Crippen molar-refractivity contribution >= 4 is 21.8 Å². The summed E-state index contributed by atoms with van der Waals surface area (Å²) in [5.41, 5.74) is -0.204. The van der Waals surface area contributed by atoms with Crippen molar-refractivity contribution in [1.29, 1.82) is 0 Å². The molecule has 0 atom stereocenters. The van der Waals surface area contributed by atoms with E-state index in [2.05, 4.69) is 9.44 Å². The zero-order chi connectivity index (χ0) is 12.2. The van der Waals surface area contributed by atoms with Gasteiger partial charge >= 0.3 is 16.1 Å². The highest BCUT2D eigenvalue weighted by molar-refractivity contribution is 7.85. The first-order chi connectivity index (χ1) is 7.40. The molecular formula is C9H9NO5S. The van der Waals surface area contributed by atoms with Gasteiger partial charge in [0, 0.05) is 5.56 Å². The van der Waals surface area contributed by atoms with E-state index in [4.69, 9.17) is 5.11 Å². The van der Waals surface area contributed by atoms with Crippen molar-refractivity contribution in [3.05, 3.63) is 35.9 Å². The summed E-state index contributed by atoms with van der Waals surface area (Å²) >= 11 is 0. The van der Waals surface area contributed by atoms with Gasteiger partial charge in [0.15, 0.2) is 5.71 Å². The Morgan fingerprint density at radius 1 is 1.31 bits per heavy atom. The molecule has 0 bridgehead atoms. The zero-order valence-corrected chi connectivity index (χ0v) is 9.14. The standard InChI is InChI=1S/C9H9NO5S/c1-16(13,14)15-10-8(9(11)12)7-5-3-2-4-6-7/h2-6H,1H3,(H,11,12)/b10-8-. The van der Waals surface area contributed by atoms with Gasteiger partial charge in [-0.05, 0) is 0 Å². The lowest BCUT2D eigenvalue weighted by atomic mass is 10.1. The number of oxime groups is 1. The van der Waals surface area contributed by atoms with Gasteiger partial charge in [-0.1, -0.05) is 35.5 Å². The quantitative estimate of drug-likeness (QED) is 0.612. The molecule has 0 fully saturated rings. The summed E-state index contributed by atoms with van der Waals surface area (Å²) in [6.07, 6.45) is 0.779. The third-order valence-electron chi connectivity index (χ3n) is 1.51. The summed E-state index contributed by atoms with van der Waals surface area (Å²) in [6.45, 7) is 0. The Labute approximate surface area is 92.3 Å². The highest BCUT2D eigenvalue weighted by Crippen LogP contribution is 2.03. The smallest absolute Gasteiger partial charge is 0.358 e. The minimum Gasteiger partial charge on any atom is -0.476 e. The number of nitrogens with zero attached hydrogens (tertiary/aromatic N) is 1. The first-order valence-corrected chi connectivity index (χ1v) is 5.97. The maximum absolute atomic E-state index is 10.8. The van der Waals surface area contributed by atoms with Crippen LogP contribution in [0.5, 0.6) is 0 Å². The van der Waals surface area contributed by atoms with Gasteiger partial charge in [0.05, 0.1) is 6.26 Å². The Bertz CT molecular complexity index is 506. The second kappa shape index (κ2) is 4.75. The highest BCUT2D eigenvalue weighted by atomic mass is 32.2. The minimum absolute atomic E-state index is 0.263. The largest absolute Gasteiger partial charge is 0.476 e. The maximum atomic E-state index is 10.8. The van der Waals surface area contributed by atoms with Crippen molar-refractivity contribution in [2.45, 2.75) is 0 Å². The lowest BCUT2D eigenvalue weighted by Crippen LogP contribution is -2.15. The van der Waals surface area contributed by atoms with Gasteiger partial charge in [-0.2, -0.15) is 8.42 Å². The molecule has 0 heterocycles. The minimum atomic E-state index is -3.81. The van der Waals surface area contributed by atoms with Crippen molar-refractivity contribution in [2.24, 2.45) is 5.16 Å². The summed E-state index contributed by atoms with van der Waals surface area (Å²) in [6, 6.07) is 7.88. The van der Waals surface area contributed by atoms with Gasteiger partial charge in [0.25, 0.3) is 0 Å². The number of hydrogen-bond acceptors (Lipinski definition) is 5. The summed E-state index contributed by atoms with van der Waals surface area (Å²) in [5, 5.41) is 11.9. The van der Waals surface area contributed by atoms with Gasteiger partial charge in [-0.25, -0.2) is 4.79 Å². The topological polar surface area (TPSA) is 93.0 Å². The molecule has 7 heteroatoms. The number of carbonyl (C=O) groups is 1. The van der Waals surface area contributed by atoms with Crippen LogP contribution in [-0.2, 0) is 19.2 Å². The van der Waals surface area contributed by atoms with Crippen LogP contribution in [0, 0.1) is 0 Å². The van der Waals surface area contributed by atoms with E-state index < -0.39 is 21.8 Å². The third-order valence-corrected chi connectivity index (χ3v) is 1.86. The van der Waals surface area contributed by atoms with E-state index in [0.29, 0.717) is 0 Å². The fraction of sp³-hybridized carbons (Fsp3) is 0.111. The van der Waals surface area contributed by atoms with Crippen LogP contribution >= 0.6 is 0 Å². The van der Waals surface area contributed by atoms with E-state index in [1.807, 2.05) is 0 Å². The molecule has 6 nitrogen and oxygen atoms in total. The van der Waals surface area contributed by atoms with Crippen LogP contribution in [0.1, 0.15) is 5.56 Å². The summed E-state index contributed by atoms with van der Waals surface area (Å²) < 4.78 is 25.4. The van der Waals surface area contributed by atoms with E-state index in [9.17, 15) is 13.2 Å². The lowest BCUT2D eigenvalue weighted by molar-refractivity contribution is -0.129. The first kappa shape index (κ1) is 12.2. The molecule has 86 valence electrons. The fourth-order valence-electron chi connectivity index (χ4n) is 0.916. The van der Waals surface area contributed by atoms with Crippen LogP contribution in [0.3, 0.4) is 0 Å². The van der Waals surface area contributed by atoms with Gasteiger partial charge in [0.2, 0.25) is 0 Å². The Hall–Kier alpha value is -1.89. The van der Waals surface area contributed by atoms with E-state index in [1.165, 1.54) is 12.1 Å². The normalized spacial score (nSPS) is 12.2. The molecule has 0 spiro atoms. The number of carboxylic acids is 1. The summed E-state index contributed by atoms with van der Waals surface area (Å²) in [5.74, 6) is -1.37. The van der Waals surface area contributed by atoms with Crippen molar-refractivity contribution in [2.75, 3.05) is 6.26 Å². The van der Waals surface area contributed by atoms with Gasteiger partial charge in [0.1, 0.15) is 0 Å². The van der Waals surface area contributed by atoms with Crippen LogP contribution in [-0.4, -0.2) is 31.5 Å². The van der Waals surface area contributed by atoms with Gasteiger partial charge in [-0.3, -0.25) is 4.28 Å². The summed E-state index contributed by atoms with van der Waals surface area (Å²) in [7, 11) is -3.81. The van der Waals surface area contributed by atoms with Crippen LogP contribution in [0.2, 0.25) is 0 Å². The average molecular weight is 243 g/mol. The molecule has 0 aliphatic rings. The predicted octanol–water partition coefficient (Wildman–Crippen LogP) is 0.451. The van der Waals surface area contributed by atoms with Crippen molar-refractivity contribution < 1.29 is 22.6 Å². The molecule has 0 unspecified atom stereocenters. The van der Waals surface area contributed by atoms with Gasteiger partial charge in [-0.15, -0.1) is 0 Å². The second-order valence-electron chi connectivity index (χ2n) is 2.89. The highest BCUT2D eigenvalue weighted by Gasteiger charge is 2.14. The molecule has 0 radical (unpaired) electrons. The SMILES string of the molecule is CS(=O)(=O)O/N=C(\C(=O)O)c1ccccc1. The summed E-state index contributed by atoms with van der Waals surface area (Å²) in [4.78, 5) is 10.8. The predicted molar refractivity (Wildman–Crippen MR) is 56.5 cm³/mol. The Kier molecular flexibility index (Phi) is 3.62. The molecule has 0 saturated heterocycles. The van der Waals surface area contributed by atoms with Crippen LogP contribution in [0.25, 0.3) is 0 Å². The average Bonchev–Trinajstić information content (AvgIpc) is 2.17. The Balaban J connectivity index is 3.07. The van der Waals surface area contributed by atoms with Crippen LogP contribution in [0.15, 0.2) is 35.5 Å². The Morgan fingerprint density at radius 3 is 2.31 bits per heavy atom. The van der Waals surface area contributed by atoms with E-state index in [-0.39, 0.29) is 5.56 Å². The molecule has 0 saturated carbocycles. The Morgan fingerprint density at radius 2 is 1.88 bits per heavy atom. The fourth-order valence-corrected chi connectivity index (χ4v) is 1.13. The monoisotopic (exact) mass is 243 g/mol. The van der Waals surface area contributed by atoms with E-state index >= 15 is 0 Å². The van der Waals surface area contributed by atoms with Crippen molar-refractivity contribution in [3.63, 3.8) is 0 Å². The zero-order valence-electron chi connectivity index (χ0n) is 8.32. The molecular weight excluding hydrogens is 234 g/mol. The van der Waals surface area contributed by atoms with Crippen LogP contribution in [0.4, 0.5) is 0 Å². The second-order valence-corrected chi connectivity index (χ2v) is 4.45. The van der Waals surface area contributed by atoms with Gasteiger partial charge < -0.3 is 5.11 Å². The molecule has 0 aromatic heterocycles. The van der Waals surface area contributed by atoms with Crippen molar-refractivity contribution in [3.8, 4) is 0 Å². The molecule has 16 heavy (non-hydrogen) atoms. The molecule has 1 aromatic carbocycles. The molecule has 0 aliphatic heterocycles. The molecule has 1 rings (SSSR count). The number of aliphatic carboxylic acids is 1. The molecule has 1 N–H and O–H groups in total. The van der Waals surface area contributed by atoms with E-state index in [0.717, 1.165) is 6.26 Å². The van der Waals surface area contributed by atoms with Crippen LogP contribution < -0.4 is 0 Å². The number of benzene rings is 1. The third kappa shape index (κ3) is 3.70. The maximum Gasteiger partial charge on any atom is 0.358 e. The van der Waals surface area contributed by atoms with E-state index in [1.54, 1.807) is 18.2 Å².